The van der Waals surface area contributed by atoms with Crippen molar-refractivity contribution >= 4 is 29.2 Å². The van der Waals surface area contributed by atoms with Crippen LogP contribution in [0.3, 0.4) is 0 Å². The lowest BCUT2D eigenvalue weighted by molar-refractivity contribution is -0.138. The van der Waals surface area contributed by atoms with E-state index in [0.717, 1.165) is 4.80 Å². The second-order valence-corrected chi connectivity index (χ2v) is 3.98. The van der Waals surface area contributed by atoms with Gasteiger partial charge in [0.25, 0.3) is 0 Å². The molecule has 0 unspecified atom stereocenters. The number of carboxylic acids is 1. The van der Waals surface area contributed by atoms with Crippen molar-refractivity contribution in [3.8, 4) is 11.4 Å². The summed E-state index contributed by atoms with van der Waals surface area (Å²) in [5.74, 6) is -0.743. The van der Waals surface area contributed by atoms with E-state index in [2.05, 4.69) is 15.4 Å². The van der Waals surface area contributed by atoms with Crippen molar-refractivity contribution in [3.05, 3.63) is 28.2 Å². The first-order valence-corrected chi connectivity index (χ1v) is 5.27. The number of aromatic nitrogens is 4. The van der Waals surface area contributed by atoms with E-state index < -0.39 is 5.97 Å². The van der Waals surface area contributed by atoms with Crippen molar-refractivity contribution in [2.24, 2.45) is 0 Å². The standard InChI is InChI=1S/C9H6Cl2N4O2/c10-6-2-1-5(3-7(6)11)9-12-14-15(13-9)4-8(16)17/h1-3H,4H2,(H,16,17). The molecule has 0 aliphatic rings. The number of hydrogen-bond acceptors (Lipinski definition) is 4. The van der Waals surface area contributed by atoms with E-state index in [0.29, 0.717) is 21.4 Å². The number of aliphatic carboxylic acids is 1. The third-order valence-corrected chi connectivity index (χ3v) is 2.65. The number of hydrogen-bond donors (Lipinski definition) is 1. The lowest BCUT2D eigenvalue weighted by atomic mass is 10.2. The lowest BCUT2D eigenvalue weighted by Crippen LogP contribution is -2.11. The van der Waals surface area contributed by atoms with Gasteiger partial charge in [-0.3, -0.25) is 4.79 Å². The molecule has 0 fully saturated rings. The predicted octanol–water partition coefficient (Wildman–Crippen LogP) is 1.73. The molecule has 8 heteroatoms. The molecule has 0 aliphatic carbocycles. The number of carboxylic acid groups (broad SMARTS) is 1. The van der Waals surface area contributed by atoms with Gasteiger partial charge in [0.15, 0.2) is 6.54 Å². The molecular formula is C9H6Cl2N4O2. The molecule has 1 aromatic carbocycles. The number of carbonyl (C=O) groups is 1. The zero-order valence-corrected chi connectivity index (χ0v) is 9.85. The first-order valence-electron chi connectivity index (χ1n) is 4.51. The highest BCUT2D eigenvalue weighted by molar-refractivity contribution is 6.42. The number of benzene rings is 1. The van der Waals surface area contributed by atoms with Gasteiger partial charge in [-0.2, -0.15) is 4.80 Å². The van der Waals surface area contributed by atoms with Crippen molar-refractivity contribution in [2.75, 3.05) is 0 Å². The smallest absolute Gasteiger partial charge is 0.327 e. The Kier molecular flexibility index (Phi) is 3.26. The van der Waals surface area contributed by atoms with Crippen LogP contribution in [0.4, 0.5) is 0 Å². The Labute approximate surface area is 106 Å². The molecule has 0 radical (unpaired) electrons. The van der Waals surface area contributed by atoms with Gasteiger partial charge in [-0.25, -0.2) is 0 Å². The van der Waals surface area contributed by atoms with E-state index in [1.807, 2.05) is 0 Å². The van der Waals surface area contributed by atoms with Crippen molar-refractivity contribution in [1.82, 2.24) is 20.2 Å². The zero-order chi connectivity index (χ0) is 12.4. The monoisotopic (exact) mass is 272 g/mol. The summed E-state index contributed by atoms with van der Waals surface area (Å²) in [5.41, 5.74) is 0.621. The first kappa shape index (κ1) is 11.8. The molecule has 0 aliphatic heterocycles. The number of nitrogens with zero attached hydrogens (tertiary/aromatic N) is 4. The summed E-state index contributed by atoms with van der Waals surface area (Å²) >= 11 is 11.6. The maximum absolute atomic E-state index is 10.4. The van der Waals surface area contributed by atoms with Crippen molar-refractivity contribution < 1.29 is 9.90 Å². The quantitative estimate of drug-likeness (QED) is 0.921. The third kappa shape index (κ3) is 2.72. The third-order valence-electron chi connectivity index (χ3n) is 1.91. The van der Waals surface area contributed by atoms with E-state index in [4.69, 9.17) is 28.3 Å². The fraction of sp³-hybridized carbons (Fsp3) is 0.111. The van der Waals surface area contributed by atoms with E-state index in [9.17, 15) is 4.79 Å². The number of rotatable bonds is 3. The molecule has 2 aromatic rings. The molecule has 0 saturated heterocycles. The van der Waals surface area contributed by atoms with Crippen LogP contribution in [0, 0.1) is 0 Å². The fourth-order valence-corrected chi connectivity index (χ4v) is 1.48. The Bertz CT molecular complexity index is 570. The van der Waals surface area contributed by atoms with E-state index in [1.54, 1.807) is 18.2 Å². The van der Waals surface area contributed by atoms with Crippen molar-refractivity contribution in [3.63, 3.8) is 0 Å². The Balaban J connectivity index is 2.30. The minimum atomic E-state index is -1.04. The van der Waals surface area contributed by atoms with Gasteiger partial charge in [0.1, 0.15) is 0 Å². The van der Waals surface area contributed by atoms with Crippen LogP contribution in [0.15, 0.2) is 18.2 Å². The Morgan fingerprint density at radius 1 is 1.35 bits per heavy atom. The fourth-order valence-electron chi connectivity index (χ4n) is 1.18. The summed E-state index contributed by atoms with van der Waals surface area (Å²) in [6, 6.07) is 4.87. The van der Waals surface area contributed by atoms with Crippen LogP contribution in [0.1, 0.15) is 0 Å². The highest BCUT2D eigenvalue weighted by atomic mass is 35.5. The molecule has 1 aromatic heterocycles. The van der Waals surface area contributed by atoms with E-state index in [-0.39, 0.29) is 6.54 Å². The second kappa shape index (κ2) is 4.68. The van der Waals surface area contributed by atoms with Gasteiger partial charge in [0, 0.05) is 5.56 Å². The highest BCUT2D eigenvalue weighted by Gasteiger charge is 2.09. The average molecular weight is 273 g/mol. The van der Waals surface area contributed by atoms with Gasteiger partial charge < -0.3 is 5.11 Å². The summed E-state index contributed by atoms with van der Waals surface area (Å²) in [4.78, 5) is 11.4. The number of tetrazole rings is 1. The van der Waals surface area contributed by atoms with Gasteiger partial charge in [0.2, 0.25) is 5.82 Å². The molecular weight excluding hydrogens is 267 g/mol. The maximum atomic E-state index is 10.4. The summed E-state index contributed by atoms with van der Waals surface area (Å²) in [5, 5.41) is 20.6. The van der Waals surface area contributed by atoms with Crippen LogP contribution in [0.25, 0.3) is 11.4 Å². The van der Waals surface area contributed by atoms with Gasteiger partial charge in [0.05, 0.1) is 10.0 Å². The molecule has 0 bridgehead atoms. The first-order chi connectivity index (χ1) is 8.06. The molecule has 6 nitrogen and oxygen atoms in total. The maximum Gasteiger partial charge on any atom is 0.327 e. The van der Waals surface area contributed by atoms with Crippen LogP contribution in [0.2, 0.25) is 10.0 Å². The summed E-state index contributed by atoms with van der Waals surface area (Å²) in [7, 11) is 0. The van der Waals surface area contributed by atoms with Gasteiger partial charge >= 0.3 is 5.97 Å². The minimum absolute atomic E-state index is 0.296. The molecule has 0 spiro atoms. The number of halogens is 2. The molecule has 1 heterocycles. The van der Waals surface area contributed by atoms with Crippen molar-refractivity contribution in [2.45, 2.75) is 6.54 Å². The van der Waals surface area contributed by atoms with Crippen LogP contribution in [-0.4, -0.2) is 31.3 Å². The molecule has 1 N–H and O–H groups in total. The Hall–Kier alpha value is -1.66. The van der Waals surface area contributed by atoms with E-state index >= 15 is 0 Å². The minimum Gasteiger partial charge on any atom is -0.480 e. The molecule has 17 heavy (non-hydrogen) atoms. The van der Waals surface area contributed by atoms with Crippen LogP contribution in [0.5, 0.6) is 0 Å². The average Bonchev–Trinajstić information content (AvgIpc) is 2.69. The molecule has 88 valence electrons. The van der Waals surface area contributed by atoms with Gasteiger partial charge in [-0.15, -0.1) is 10.2 Å². The summed E-state index contributed by atoms with van der Waals surface area (Å²) in [6.07, 6.45) is 0. The Morgan fingerprint density at radius 3 is 2.76 bits per heavy atom. The lowest BCUT2D eigenvalue weighted by Gasteiger charge is -1.97. The molecule has 2 rings (SSSR count). The largest absolute Gasteiger partial charge is 0.480 e. The molecule has 0 amide bonds. The van der Waals surface area contributed by atoms with Crippen molar-refractivity contribution in [1.29, 1.82) is 0 Å². The molecule has 0 atom stereocenters. The Morgan fingerprint density at radius 2 is 2.12 bits per heavy atom. The van der Waals surface area contributed by atoms with Gasteiger partial charge in [-0.05, 0) is 23.4 Å². The van der Waals surface area contributed by atoms with Crippen LogP contribution in [-0.2, 0) is 11.3 Å². The topological polar surface area (TPSA) is 80.9 Å². The molecule has 0 saturated carbocycles. The van der Waals surface area contributed by atoms with Gasteiger partial charge in [-0.1, -0.05) is 23.2 Å². The van der Waals surface area contributed by atoms with E-state index in [1.165, 1.54) is 0 Å². The normalized spacial score (nSPS) is 10.5. The second-order valence-electron chi connectivity index (χ2n) is 3.17. The zero-order valence-electron chi connectivity index (χ0n) is 8.34. The van der Waals surface area contributed by atoms with Crippen LogP contribution >= 0.6 is 23.2 Å². The summed E-state index contributed by atoms with van der Waals surface area (Å²) in [6.45, 7) is -0.339. The highest BCUT2D eigenvalue weighted by Crippen LogP contribution is 2.26. The summed E-state index contributed by atoms with van der Waals surface area (Å²) < 4.78 is 0. The predicted molar refractivity (Wildman–Crippen MR) is 60.9 cm³/mol. The SMILES string of the molecule is O=C(O)Cn1nnc(-c2ccc(Cl)c(Cl)c2)n1. The van der Waals surface area contributed by atoms with Crippen LogP contribution < -0.4 is 0 Å².